The van der Waals surface area contributed by atoms with Crippen molar-refractivity contribution in [2.24, 2.45) is 4.99 Å². The summed E-state index contributed by atoms with van der Waals surface area (Å²) in [5, 5.41) is 6.73. The largest absolute Gasteiger partial charge is 0.382 e. The molecule has 1 aliphatic heterocycles. The van der Waals surface area contributed by atoms with Crippen molar-refractivity contribution >= 4 is 47.4 Å². The Kier molecular flexibility index (Phi) is 12.9. The smallest absolute Gasteiger partial charge is 0.191 e. The highest BCUT2D eigenvalue weighted by atomic mass is 127. The number of ether oxygens (including phenoxy) is 1. The zero-order chi connectivity index (χ0) is 17.7. The van der Waals surface area contributed by atoms with Crippen LogP contribution in [-0.2, 0) is 11.3 Å². The second-order valence-electron chi connectivity index (χ2n) is 6.02. The van der Waals surface area contributed by atoms with Gasteiger partial charge in [0.15, 0.2) is 5.96 Å². The summed E-state index contributed by atoms with van der Waals surface area (Å²) in [4.78, 5) is 6.75. The lowest BCUT2D eigenvalue weighted by atomic mass is 10.2. The minimum absolute atomic E-state index is 0. The Hall–Kier alpha value is -0.670. The van der Waals surface area contributed by atoms with Gasteiger partial charge in [-0.15, -0.1) is 24.0 Å². The summed E-state index contributed by atoms with van der Waals surface area (Å²) in [6.07, 6.45) is 2.16. The number of benzene rings is 1. The van der Waals surface area contributed by atoms with Crippen LogP contribution in [-0.4, -0.2) is 57.4 Å². The van der Waals surface area contributed by atoms with Crippen LogP contribution in [0.25, 0.3) is 0 Å². The first-order valence-corrected chi connectivity index (χ1v) is 10.4. The lowest BCUT2D eigenvalue weighted by Crippen LogP contribution is -2.37. The molecule has 1 fully saturated rings. The van der Waals surface area contributed by atoms with Crippen LogP contribution in [0.4, 0.5) is 5.69 Å². The number of guanidine groups is 1. The van der Waals surface area contributed by atoms with Crippen LogP contribution in [0, 0.1) is 0 Å². The molecule has 148 valence electrons. The maximum Gasteiger partial charge on any atom is 0.191 e. The second-order valence-corrected chi connectivity index (χ2v) is 7.25. The molecule has 1 aromatic rings. The summed E-state index contributed by atoms with van der Waals surface area (Å²) in [6.45, 7) is 7.68. The number of hydrogen-bond acceptors (Lipinski definition) is 4. The van der Waals surface area contributed by atoms with Gasteiger partial charge in [0, 0.05) is 63.6 Å². The van der Waals surface area contributed by atoms with E-state index in [2.05, 4.69) is 44.8 Å². The van der Waals surface area contributed by atoms with Gasteiger partial charge in [-0.25, -0.2) is 0 Å². The molecule has 1 aliphatic rings. The lowest BCUT2D eigenvalue weighted by Gasteiger charge is -2.28. The summed E-state index contributed by atoms with van der Waals surface area (Å²) in [7, 11) is 1.81. The van der Waals surface area contributed by atoms with Crippen molar-refractivity contribution in [2.45, 2.75) is 26.3 Å². The second kappa shape index (κ2) is 14.4. The quantitative estimate of drug-likeness (QED) is 0.240. The summed E-state index contributed by atoms with van der Waals surface area (Å²) < 4.78 is 5.35. The normalized spacial score (nSPS) is 14.7. The van der Waals surface area contributed by atoms with Crippen molar-refractivity contribution in [1.29, 1.82) is 0 Å². The summed E-state index contributed by atoms with van der Waals surface area (Å²) >= 11 is 2.04. The van der Waals surface area contributed by atoms with Gasteiger partial charge in [-0.1, -0.05) is 12.1 Å². The Balaban J connectivity index is 0.00000338. The molecule has 0 aliphatic carbocycles. The number of thioether (sulfide) groups is 1. The average Bonchev–Trinajstić information content (AvgIpc) is 2.68. The first kappa shape index (κ1) is 23.4. The number of halogens is 1. The van der Waals surface area contributed by atoms with Crippen LogP contribution < -0.4 is 15.5 Å². The van der Waals surface area contributed by atoms with E-state index in [9.17, 15) is 0 Å². The highest BCUT2D eigenvalue weighted by Crippen LogP contribution is 2.19. The van der Waals surface area contributed by atoms with Gasteiger partial charge in [-0.05, 0) is 37.5 Å². The lowest BCUT2D eigenvalue weighted by molar-refractivity contribution is 0.143. The predicted molar refractivity (Wildman–Crippen MR) is 125 cm³/mol. The van der Waals surface area contributed by atoms with Crippen molar-refractivity contribution < 1.29 is 4.74 Å². The van der Waals surface area contributed by atoms with E-state index in [1.807, 2.05) is 25.7 Å². The minimum Gasteiger partial charge on any atom is -0.382 e. The average molecular weight is 492 g/mol. The topological polar surface area (TPSA) is 48.9 Å². The van der Waals surface area contributed by atoms with Gasteiger partial charge in [-0.2, -0.15) is 11.8 Å². The van der Waals surface area contributed by atoms with Gasteiger partial charge in [0.05, 0.1) is 0 Å². The molecule has 2 N–H and O–H groups in total. The molecule has 0 spiro atoms. The first-order chi connectivity index (χ1) is 12.3. The number of aliphatic imine (C=N–C) groups is 1. The fraction of sp³-hybridized carbons (Fsp3) is 0.632. The van der Waals surface area contributed by atoms with Crippen LogP contribution in [0.2, 0.25) is 0 Å². The SMILES string of the molecule is CCOCCCCNC(=NC)NCc1ccc(N2CCSCC2)cc1.I. The molecule has 0 aromatic heterocycles. The molecule has 2 rings (SSSR count). The monoisotopic (exact) mass is 492 g/mol. The van der Waals surface area contributed by atoms with Crippen molar-refractivity contribution in [1.82, 2.24) is 10.6 Å². The molecule has 1 saturated heterocycles. The summed E-state index contributed by atoms with van der Waals surface area (Å²) in [5.74, 6) is 3.32. The van der Waals surface area contributed by atoms with E-state index in [4.69, 9.17) is 4.74 Å². The van der Waals surface area contributed by atoms with Gasteiger partial charge in [0.25, 0.3) is 0 Å². The van der Waals surface area contributed by atoms with Crippen LogP contribution in [0.3, 0.4) is 0 Å². The standard InChI is InChI=1S/C19H32N4OS.HI/c1-3-24-13-5-4-10-21-19(20-2)22-16-17-6-8-18(9-7-17)23-11-14-25-15-12-23;/h6-9H,3-5,10-16H2,1-2H3,(H2,20,21,22);1H. The first-order valence-electron chi connectivity index (χ1n) is 9.27. The Bertz CT molecular complexity index is 507. The van der Waals surface area contributed by atoms with E-state index in [0.717, 1.165) is 58.2 Å². The maximum atomic E-state index is 5.35. The molecule has 7 heteroatoms. The maximum absolute atomic E-state index is 5.35. The van der Waals surface area contributed by atoms with E-state index in [1.165, 1.54) is 22.8 Å². The molecule has 5 nitrogen and oxygen atoms in total. The molecule has 0 amide bonds. The summed E-state index contributed by atoms with van der Waals surface area (Å²) in [6, 6.07) is 8.88. The molecule has 0 saturated carbocycles. The Morgan fingerprint density at radius 1 is 1.15 bits per heavy atom. The van der Waals surface area contributed by atoms with Crippen LogP contribution in [0.15, 0.2) is 29.3 Å². The van der Waals surface area contributed by atoms with E-state index < -0.39 is 0 Å². The van der Waals surface area contributed by atoms with Crippen molar-refractivity contribution in [2.75, 3.05) is 56.3 Å². The number of hydrogen-bond donors (Lipinski definition) is 2. The third kappa shape index (κ3) is 8.81. The molecular weight excluding hydrogens is 459 g/mol. The number of rotatable bonds is 9. The molecule has 1 heterocycles. The molecule has 0 atom stereocenters. The fourth-order valence-corrected chi connectivity index (χ4v) is 3.64. The predicted octanol–water partition coefficient (Wildman–Crippen LogP) is 3.34. The Labute approximate surface area is 179 Å². The van der Waals surface area contributed by atoms with Gasteiger partial charge in [-0.3, -0.25) is 4.99 Å². The highest BCUT2D eigenvalue weighted by molar-refractivity contribution is 14.0. The third-order valence-corrected chi connectivity index (χ3v) is 5.15. The Morgan fingerprint density at radius 2 is 1.88 bits per heavy atom. The number of nitrogens with one attached hydrogen (secondary N) is 2. The van der Waals surface area contributed by atoms with Gasteiger partial charge in [0.1, 0.15) is 0 Å². The van der Waals surface area contributed by atoms with Gasteiger partial charge in [0.2, 0.25) is 0 Å². The van der Waals surface area contributed by atoms with Crippen molar-refractivity contribution in [3.63, 3.8) is 0 Å². The molecule has 1 aromatic carbocycles. The zero-order valence-corrected chi connectivity index (χ0v) is 19.1. The minimum atomic E-state index is 0. The molecular formula is C19H33IN4OS. The van der Waals surface area contributed by atoms with Crippen LogP contribution in [0.5, 0.6) is 0 Å². The number of nitrogens with zero attached hydrogens (tertiary/aromatic N) is 2. The molecule has 0 radical (unpaired) electrons. The highest BCUT2D eigenvalue weighted by Gasteiger charge is 2.10. The van der Waals surface area contributed by atoms with Crippen molar-refractivity contribution in [3.8, 4) is 0 Å². The van der Waals surface area contributed by atoms with Gasteiger partial charge < -0.3 is 20.3 Å². The van der Waals surface area contributed by atoms with E-state index in [1.54, 1.807) is 0 Å². The van der Waals surface area contributed by atoms with E-state index in [-0.39, 0.29) is 24.0 Å². The number of anilines is 1. The summed E-state index contributed by atoms with van der Waals surface area (Å²) in [5.41, 5.74) is 2.61. The van der Waals surface area contributed by atoms with E-state index >= 15 is 0 Å². The van der Waals surface area contributed by atoms with E-state index in [0.29, 0.717) is 0 Å². The molecule has 0 bridgehead atoms. The number of unbranched alkanes of at least 4 members (excludes halogenated alkanes) is 1. The molecule has 0 unspecified atom stereocenters. The zero-order valence-electron chi connectivity index (χ0n) is 16.0. The van der Waals surface area contributed by atoms with Crippen LogP contribution >= 0.6 is 35.7 Å². The fourth-order valence-electron chi connectivity index (χ4n) is 2.73. The van der Waals surface area contributed by atoms with Crippen molar-refractivity contribution in [3.05, 3.63) is 29.8 Å². The molecule has 26 heavy (non-hydrogen) atoms. The van der Waals surface area contributed by atoms with Crippen LogP contribution in [0.1, 0.15) is 25.3 Å². The Morgan fingerprint density at radius 3 is 2.54 bits per heavy atom. The third-order valence-electron chi connectivity index (χ3n) is 4.21. The van der Waals surface area contributed by atoms with Gasteiger partial charge >= 0.3 is 0 Å².